The Kier molecular flexibility index (Phi) is 9.18. The highest BCUT2D eigenvalue weighted by atomic mass is 79.9. The molecule has 1 saturated heterocycles. The number of hydrogen-bond acceptors (Lipinski definition) is 5. The van der Waals surface area contributed by atoms with E-state index >= 15 is 0 Å². The Labute approximate surface area is 237 Å². The standard InChI is InChI=1S/C27H22BrCl2FN2O3S/c1-3-33-26(34)25(37-27(33)32-19-8-6-18(31)7-9-19)13-17-12-23(35-4-2)24(14-20(17)28)36-15-16-5-10-21(29)22(30)11-16/h5-14H,3-4,15H2,1-2H3/b25-13+,32-27?. The molecule has 0 radical (unpaired) electrons. The number of likely N-dealkylation sites (N-methyl/N-ethyl adjacent to an activating group) is 1. The Hall–Kier alpha value is -2.52. The van der Waals surface area contributed by atoms with Gasteiger partial charge in [0.1, 0.15) is 12.4 Å². The van der Waals surface area contributed by atoms with Crippen LogP contribution in [0.1, 0.15) is 25.0 Å². The highest BCUT2D eigenvalue weighted by Gasteiger charge is 2.32. The average molecular weight is 624 g/mol. The van der Waals surface area contributed by atoms with Crippen LogP contribution in [-0.2, 0) is 11.4 Å². The number of halogens is 4. The van der Waals surface area contributed by atoms with Crippen molar-refractivity contribution in [1.29, 1.82) is 0 Å². The van der Waals surface area contributed by atoms with Crippen LogP contribution in [0.15, 0.2) is 69.0 Å². The fourth-order valence-corrected chi connectivity index (χ4v) is 5.28. The highest BCUT2D eigenvalue weighted by Crippen LogP contribution is 2.39. The molecule has 0 aromatic heterocycles. The van der Waals surface area contributed by atoms with E-state index in [0.717, 1.165) is 15.6 Å². The topological polar surface area (TPSA) is 51.1 Å². The maximum Gasteiger partial charge on any atom is 0.266 e. The largest absolute Gasteiger partial charge is 0.490 e. The van der Waals surface area contributed by atoms with Gasteiger partial charge in [0.25, 0.3) is 5.91 Å². The third-order valence-electron chi connectivity index (χ3n) is 5.28. The van der Waals surface area contributed by atoms with Gasteiger partial charge in [-0.2, -0.15) is 0 Å². The summed E-state index contributed by atoms with van der Waals surface area (Å²) in [5.74, 6) is 0.589. The smallest absolute Gasteiger partial charge is 0.266 e. The molecule has 0 spiro atoms. The van der Waals surface area contributed by atoms with E-state index in [0.29, 0.717) is 50.5 Å². The van der Waals surface area contributed by atoms with Crippen LogP contribution in [0, 0.1) is 5.82 Å². The predicted octanol–water partition coefficient (Wildman–Crippen LogP) is 8.50. The Morgan fingerprint density at radius 1 is 1.03 bits per heavy atom. The summed E-state index contributed by atoms with van der Waals surface area (Å²) in [7, 11) is 0. The lowest BCUT2D eigenvalue weighted by Crippen LogP contribution is -2.28. The molecule has 4 rings (SSSR count). The van der Waals surface area contributed by atoms with Crippen molar-refractivity contribution in [2.45, 2.75) is 20.5 Å². The van der Waals surface area contributed by atoms with Gasteiger partial charge in [0.15, 0.2) is 16.7 Å². The molecule has 3 aromatic rings. The maximum atomic E-state index is 13.3. The Bertz CT molecular complexity index is 1380. The maximum absolute atomic E-state index is 13.3. The molecule has 1 aliphatic heterocycles. The first-order valence-electron chi connectivity index (χ1n) is 11.4. The van der Waals surface area contributed by atoms with Crippen molar-refractivity contribution in [2.75, 3.05) is 13.2 Å². The highest BCUT2D eigenvalue weighted by molar-refractivity contribution is 9.10. The minimum atomic E-state index is -0.341. The van der Waals surface area contributed by atoms with Crippen LogP contribution < -0.4 is 9.47 Å². The van der Waals surface area contributed by atoms with Gasteiger partial charge in [-0.25, -0.2) is 9.38 Å². The first kappa shape index (κ1) is 27.5. The molecule has 0 saturated carbocycles. The molecular formula is C27H22BrCl2FN2O3S. The number of carbonyl (C=O) groups is 1. The van der Waals surface area contributed by atoms with Gasteiger partial charge in [-0.05, 0) is 91.3 Å². The van der Waals surface area contributed by atoms with E-state index in [-0.39, 0.29) is 18.3 Å². The summed E-state index contributed by atoms with van der Waals surface area (Å²) in [6.07, 6.45) is 1.79. The molecule has 0 aliphatic carbocycles. The fraction of sp³-hybridized carbons (Fsp3) is 0.185. The Balaban J connectivity index is 1.60. The molecule has 0 N–H and O–H groups in total. The van der Waals surface area contributed by atoms with Crippen LogP contribution in [0.4, 0.5) is 10.1 Å². The Morgan fingerprint density at radius 2 is 1.76 bits per heavy atom. The van der Waals surface area contributed by atoms with E-state index in [1.807, 2.05) is 32.0 Å². The summed E-state index contributed by atoms with van der Waals surface area (Å²) >= 11 is 17.0. The third-order valence-corrected chi connectivity index (χ3v) is 7.72. The minimum absolute atomic E-state index is 0.154. The van der Waals surface area contributed by atoms with Gasteiger partial charge >= 0.3 is 0 Å². The van der Waals surface area contributed by atoms with Crippen LogP contribution in [0.3, 0.4) is 0 Å². The number of hydrogen-bond donors (Lipinski definition) is 0. The lowest BCUT2D eigenvalue weighted by Gasteiger charge is -2.14. The zero-order valence-corrected chi connectivity index (χ0v) is 23.8. The second kappa shape index (κ2) is 12.3. The molecule has 1 aliphatic rings. The van der Waals surface area contributed by atoms with Gasteiger partial charge in [-0.3, -0.25) is 9.69 Å². The molecule has 5 nitrogen and oxygen atoms in total. The van der Waals surface area contributed by atoms with Gasteiger partial charge in [0.2, 0.25) is 0 Å². The van der Waals surface area contributed by atoms with Crippen molar-refractivity contribution in [1.82, 2.24) is 4.90 Å². The van der Waals surface area contributed by atoms with Crippen LogP contribution in [0.2, 0.25) is 10.0 Å². The van der Waals surface area contributed by atoms with E-state index in [1.165, 1.54) is 23.9 Å². The van der Waals surface area contributed by atoms with Gasteiger partial charge in [0, 0.05) is 11.0 Å². The van der Waals surface area contributed by atoms with Gasteiger partial charge in [-0.1, -0.05) is 45.2 Å². The first-order chi connectivity index (χ1) is 17.8. The fourth-order valence-electron chi connectivity index (χ4n) is 3.47. The predicted molar refractivity (Wildman–Crippen MR) is 153 cm³/mol. The SMILES string of the molecule is CCOc1cc(/C=C2/SC(=Nc3ccc(F)cc3)N(CC)C2=O)c(Br)cc1OCc1ccc(Cl)c(Cl)c1. The Morgan fingerprint density at radius 3 is 2.43 bits per heavy atom. The van der Waals surface area contributed by atoms with Crippen LogP contribution >= 0.6 is 50.9 Å². The molecule has 1 fully saturated rings. The van der Waals surface area contributed by atoms with Gasteiger partial charge in [-0.15, -0.1) is 0 Å². The summed E-state index contributed by atoms with van der Waals surface area (Å²) in [6, 6.07) is 14.8. The zero-order chi connectivity index (χ0) is 26.5. The van der Waals surface area contributed by atoms with E-state index < -0.39 is 0 Å². The van der Waals surface area contributed by atoms with Crippen molar-refractivity contribution >= 4 is 73.7 Å². The first-order valence-corrected chi connectivity index (χ1v) is 13.7. The van der Waals surface area contributed by atoms with E-state index in [9.17, 15) is 9.18 Å². The number of ether oxygens (including phenoxy) is 2. The van der Waals surface area contributed by atoms with Crippen molar-refractivity contribution < 1.29 is 18.7 Å². The monoisotopic (exact) mass is 622 g/mol. The number of carbonyl (C=O) groups excluding carboxylic acids is 1. The molecule has 0 bridgehead atoms. The van der Waals surface area contributed by atoms with Crippen molar-refractivity contribution in [3.63, 3.8) is 0 Å². The molecular weight excluding hydrogens is 602 g/mol. The molecule has 37 heavy (non-hydrogen) atoms. The summed E-state index contributed by atoms with van der Waals surface area (Å²) in [5, 5.41) is 1.47. The summed E-state index contributed by atoms with van der Waals surface area (Å²) in [4.78, 5) is 19.7. The number of aliphatic imine (C=N–C) groups is 1. The molecule has 3 aromatic carbocycles. The lowest BCUT2D eigenvalue weighted by atomic mass is 10.1. The number of benzene rings is 3. The molecule has 192 valence electrons. The lowest BCUT2D eigenvalue weighted by molar-refractivity contribution is -0.122. The van der Waals surface area contributed by atoms with E-state index in [2.05, 4.69) is 20.9 Å². The van der Waals surface area contributed by atoms with Crippen LogP contribution in [-0.4, -0.2) is 29.1 Å². The quantitative estimate of drug-likeness (QED) is 0.236. The number of amidine groups is 1. The number of amides is 1. The normalized spacial score (nSPS) is 15.6. The summed E-state index contributed by atoms with van der Waals surface area (Å²) in [6.45, 7) is 4.93. The summed E-state index contributed by atoms with van der Waals surface area (Å²) in [5.41, 5.74) is 2.18. The van der Waals surface area contributed by atoms with Crippen molar-refractivity contribution in [3.8, 4) is 11.5 Å². The minimum Gasteiger partial charge on any atom is -0.490 e. The van der Waals surface area contributed by atoms with Crippen LogP contribution in [0.25, 0.3) is 6.08 Å². The molecule has 1 amide bonds. The molecule has 10 heteroatoms. The molecule has 1 heterocycles. The second-order valence-electron chi connectivity index (χ2n) is 7.82. The summed E-state index contributed by atoms with van der Waals surface area (Å²) < 4.78 is 25.8. The van der Waals surface area contributed by atoms with E-state index in [4.69, 9.17) is 32.7 Å². The van der Waals surface area contributed by atoms with Gasteiger partial charge in [0.05, 0.1) is 27.2 Å². The number of nitrogens with zero attached hydrogens (tertiary/aromatic N) is 2. The van der Waals surface area contributed by atoms with Crippen LogP contribution in [0.5, 0.6) is 11.5 Å². The third kappa shape index (κ3) is 6.68. The van der Waals surface area contributed by atoms with E-state index in [1.54, 1.807) is 35.2 Å². The zero-order valence-electron chi connectivity index (χ0n) is 19.9. The second-order valence-corrected chi connectivity index (χ2v) is 10.5. The molecule has 0 unspecified atom stereocenters. The van der Waals surface area contributed by atoms with Crippen molar-refractivity contribution in [2.24, 2.45) is 4.99 Å². The number of thioether (sulfide) groups is 1. The molecule has 0 atom stereocenters. The van der Waals surface area contributed by atoms with Crippen molar-refractivity contribution in [3.05, 3.63) is 91.0 Å². The van der Waals surface area contributed by atoms with Gasteiger partial charge < -0.3 is 9.47 Å². The average Bonchev–Trinajstić information content (AvgIpc) is 3.17. The number of rotatable bonds is 8.